The van der Waals surface area contributed by atoms with Crippen molar-refractivity contribution in [2.75, 3.05) is 6.54 Å². The number of hydrogen-bond donors (Lipinski definition) is 2. The van der Waals surface area contributed by atoms with Crippen molar-refractivity contribution in [3.05, 3.63) is 94.6 Å². The van der Waals surface area contributed by atoms with Crippen molar-refractivity contribution in [3.63, 3.8) is 0 Å². The van der Waals surface area contributed by atoms with Gasteiger partial charge in [-0.3, -0.25) is 4.99 Å². The molecule has 0 saturated heterocycles. The number of fused-ring (bicyclic) bond motifs is 1. The molecular formula is C37H40N4. The SMILES string of the molecule is CC1=C[C@@H](C2=NC=C(c3ccc(-c4ccc(-c5cnc([C@@H]6C=C(C)CN6)[nH]5)cc4)c4c3CC3(CCCC3)C4)C2)CC1. The number of benzene rings is 2. The molecule has 8 rings (SSSR count). The lowest BCUT2D eigenvalue weighted by Crippen LogP contribution is -2.16. The smallest absolute Gasteiger partial charge is 0.127 e. The minimum atomic E-state index is 0.183. The van der Waals surface area contributed by atoms with Crippen LogP contribution in [0.3, 0.4) is 0 Å². The molecule has 3 aromatic rings. The zero-order valence-electron chi connectivity index (χ0n) is 24.4. The average Bonchev–Trinajstić information content (AvgIpc) is 3.82. The lowest BCUT2D eigenvalue weighted by atomic mass is 9.82. The number of aromatic nitrogens is 2. The highest BCUT2D eigenvalue weighted by Gasteiger charge is 2.42. The van der Waals surface area contributed by atoms with Gasteiger partial charge in [0.2, 0.25) is 0 Å². The van der Waals surface area contributed by atoms with E-state index in [2.05, 4.69) is 83.9 Å². The summed E-state index contributed by atoms with van der Waals surface area (Å²) in [4.78, 5) is 13.2. The number of allylic oxidation sites excluding steroid dienone is 3. The second-order valence-corrected chi connectivity index (χ2v) is 13.4. The van der Waals surface area contributed by atoms with E-state index in [9.17, 15) is 0 Å². The van der Waals surface area contributed by atoms with Gasteiger partial charge in [-0.25, -0.2) is 4.98 Å². The first kappa shape index (κ1) is 25.2. The molecule has 208 valence electrons. The molecule has 0 unspecified atom stereocenters. The Morgan fingerprint density at radius 1 is 0.854 bits per heavy atom. The predicted molar refractivity (Wildman–Crippen MR) is 169 cm³/mol. The number of aliphatic imine (C=N–C) groups is 1. The zero-order chi connectivity index (χ0) is 27.6. The van der Waals surface area contributed by atoms with Crippen LogP contribution in [0.2, 0.25) is 0 Å². The molecule has 0 amide bonds. The van der Waals surface area contributed by atoms with Crippen LogP contribution in [-0.2, 0) is 12.8 Å². The van der Waals surface area contributed by atoms with Crippen molar-refractivity contribution >= 4 is 11.3 Å². The minimum absolute atomic E-state index is 0.183. The third kappa shape index (κ3) is 4.48. The van der Waals surface area contributed by atoms with Gasteiger partial charge in [-0.2, -0.15) is 0 Å². The Morgan fingerprint density at radius 2 is 1.61 bits per heavy atom. The van der Waals surface area contributed by atoms with Crippen molar-refractivity contribution in [1.82, 2.24) is 15.3 Å². The van der Waals surface area contributed by atoms with Crippen LogP contribution in [0, 0.1) is 11.3 Å². The Balaban J connectivity index is 1.09. The van der Waals surface area contributed by atoms with E-state index >= 15 is 0 Å². The highest BCUT2D eigenvalue weighted by molar-refractivity contribution is 6.01. The second-order valence-electron chi connectivity index (χ2n) is 13.4. The fourth-order valence-corrected chi connectivity index (χ4v) is 8.27. The zero-order valence-corrected chi connectivity index (χ0v) is 24.4. The van der Waals surface area contributed by atoms with Gasteiger partial charge in [0, 0.05) is 30.8 Å². The summed E-state index contributed by atoms with van der Waals surface area (Å²) in [6.45, 7) is 5.36. The van der Waals surface area contributed by atoms with E-state index in [0.29, 0.717) is 11.3 Å². The van der Waals surface area contributed by atoms with E-state index in [1.807, 2.05) is 6.20 Å². The Morgan fingerprint density at radius 3 is 2.34 bits per heavy atom. The van der Waals surface area contributed by atoms with Crippen LogP contribution in [0.15, 0.2) is 77.1 Å². The van der Waals surface area contributed by atoms with Gasteiger partial charge in [0.1, 0.15) is 5.82 Å². The lowest BCUT2D eigenvalue weighted by molar-refractivity contribution is 0.318. The van der Waals surface area contributed by atoms with E-state index < -0.39 is 0 Å². The van der Waals surface area contributed by atoms with Gasteiger partial charge in [0.25, 0.3) is 0 Å². The summed E-state index contributed by atoms with van der Waals surface area (Å²) in [5, 5.41) is 3.51. The maximum Gasteiger partial charge on any atom is 0.127 e. The number of aromatic amines is 1. The Kier molecular flexibility index (Phi) is 6.03. The van der Waals surface area contributed by atoms with E-state index in [1.54, 1.807) is 11.1 Å². The molecule has 3 aliphatic carbocycles. The first-order valence-corrected chi connectivity index (χ1v) is 15.7. The number of hydrogen-bond acceptors (Lipinski definition) is 3. The molecule has 1 fully saturated rings. The van der Waals surface area contributed by atoms with Crippen molar-refractivity contribution < 1.29 is 0 Å². The molecule has 2 atom stereocenters. The number of nitrogens with one attached hydrogen (secondary N) is 2. The fraction of sp³-hybridized carbons (Fsp3) is 0.405. The van der Waals surface area contributed by atoms with Crippen LogP contribution in [0.25, 0.3) is 28.0 Å². The number of rotatable bonds is 5. The molecule has 4 heteroatoms. The molecule has 5 aliphatic rings. The van der Waals surface area contributed by atoms with Crippen LogP contribution in [0.4, 0.5) is 0 Å². The van der Waals surface area contributed by atoms with Gasteiger partial charge in [0.15, 0.2) is 0 Å². The molecule has 1 spiro atoms. The lowest BCUT2D eigenvalue weighted by Gasteiger charge is -2.22. The topological polar surface area (TPSA) is 53.1 Å². The van der Waals surface area contributed by atoms with E-state index in [-0.39, 0.29) is 6.04 Å². The molecule has 2 aromatic carbocycles. The monoisotopic (exact) mass is 540 g/mol. The third-order valence-electron chi connectivity index (χ3n) is 10.5. The van der Waals surface area contributed by atoms with Gasteiger partial charge in [-0.1, -0.05) is 72.5 Å². The predicted octanol–water partition coefficient (Wildman–Crippen LogP) is 8.54. The van der Waals surface area contributed by atoms with E-state index in [4.69, 9.17) is 4.99 Å². The molecule has 0 radical (unpaired) electrons. The van der Waals surface area contributed by atoms with Crippen molar-refractivity contribution in [3.8, 4) is 22.4 Å². The van der Waals surface area contributed by atoms with Crippen molar-refractivity contribution in [1.29, 1.82) is 0 Å². The second kappa shape index (κ2) is 9.80. The quantitative estimate of drug-likeness (QED) is 0.319. The van der Waals surface area contributed by atoms with Crippen LogP contribution < -0.4 is 5.32 Å². The normalized spacial score (nSPS) is 24.5. The Bertz CT molecular complexity index is 1640. The molecule has 1 aromatic heterocycles. The molecule has 2 aliphatic heterocycles. The van der Waals surface area contributed by atoms with E-state index in [1.165, 1.54) is 96.1 Å². The summed E-state index contributed by atoms with van der Waals surface area (Å²) in [5.41, 5.74) is 15.9. The third-order valence-corrected chi connectivity index (χ3v) is 10.5. The number of nitrogens with zero attached hydrogens (tertiary/aromatic N) is 2. The molecule has 1 saturated carbocycles. The van der Waals surface area contributed by atoms with Crippen molar-refractivity contribution in [2.24, 2.45) is 16.3 Å². The Hall–Kier alpha value is -3.50. The molecule has 41 heavy (non-hydrogen) atoms. The van der Waals surface area contributed by atoms with Crippen LogP contribution in [0.1, 0.15) is 87.3 Å². The van der Waals surface area contributed by atoms with Gasteiger partial charge in [-0.15, -0.1) is 0 Å². The first-order valence-electron chi connectivity index (χ1n) is 15.7. The summed E-state index contributed by atoms with van der Waals surface area (Å²) < 4.78 is 0. The van der Waals surface area contributed by atoms with Crippen LogP contribution >= 0.6 is 0 Å². The summed E-state index contributed by atoms with van der Waals surface area (Å²) in [5.74, 6) is 1.53. The average molecular weight is 541 g/mol. The first-order chi connectivity index (χ1) is 20.0. The molecular weight excluding hydrogens is 500 g/mol. The van der Waals surface area contributed by atoms with Gasteiger partial charge >= 0.3 is 0 Å². The van der Waals surface area contributed by atoms with Crippen LogP contribution in [0.5, 0.6) is 0 Å². The minimum Gasteiger partial charge on any atom is -0.340 e. The molecule has 0 bridgehead atoms. The highest BCUT2D eigenvalue weighted by atomic mass is 15.0. The molecule has 2 N–H and O–H groups in total. The van der Waals surface area contributed by atoms with E-state index in [0.717, 1.165) is 24.5 Å². The largest absolute Gasteiger partial charge is 0.340 e. The summed E-state index contributed by atoms with van der Waals surface area (Å²) >= 11 is 0. The Labute approximate surface area is 243 Å². The number of H-pyrrole nitrogens is 1. The summed E-state index contributed by atoms with van der Waals surface area (Å²) in [6, 6.07) is 14.1. The molecule has 3 heterocycles. The highest BCUT2D eigenvalue weighted by Crippen LogP contribution is 2.53. The summed E-state index contributed by atoms with van der Waals surface area (Å²) in [7, 11) is 0. The number of imidazole rings is 1. The van der Waals surface area contributed by atoms with Gasteiger partial charge in [0.05, 0.1) is 17.9 Å². The van der Waals surface area contributed by atoms with Gasteiger partial charge < -0.3 is 10.3 Å². The van der Waals surface area contributed by atoms with Crippen molar-refractivity contribution in [2.45, 2.75) is 77.7 Å². The molecule has 4 nitrogen and oxygen atoms in total. The summed E-state index contributed by atoms with van der Waals surface area (Å²) in [6.07, 6.45) is 20.3. The fourth-order valence-electron chi connectivity index (χ4n) is 8.27. The maximum absolute atomic E-state index is 4.97. The maximum atomic E-state index is 4.97. The van der Waals surface area contributed by atoms with Crippen LogP contribution in [-0.4, -0.2) is 22.2 Å². The standard InChI is InChI=1S/C37H40N4/c1-23-5-6-27(15-23)33-17-28(21-39-33)30-12-11-29(31-18-37(19-32(30)31)13-3-4-14-37)25-7-9-26(10-8-25)35-22-40-36(41-35)34-16-24(2)20-38-34/h7-12,15-16,21-22,27,34,38H,3-6,13-14,17-20H2,1-2H3,(H,40,41)/t27-,34-/m0/s1. The van der Waals surface area contributed by atoms with Gasteiger partial charge in [-0.05, 0) is 96.7 Å².